The number of esters is 1. The zero-order chi connectivity index (χ0) is 15.0. The summed E-state index contributed by atoms with van der Waals surface area (Å²) in [5, 5.41) is 11.1. The number of benzene rings is 1. The molecule has 0 spiro atoms. The molecule has 2 N–H and O–H groups in total. The Labute approximate surface area is 120 Å². The van der Waals surface area contributed by atoms with E-state index in [0.717, 1.165) is 5.56 Å². The van der Waals surface area contributed by atoms with Crippen molar-refractivity contribution < 1.29 is 24.2 Å². The quantitative estimate of drug-likeness (QED) is 0.547. The minimum Gasteiger partial charge on any atom is -0.480 e. The number of carbonyl (C=O) groups is 3. The van der Waals surface area contributed by atoms with Crippen molar-refractivity contribution >= 4 is 30.1 Å². The number of aliphatic carboxylic acids is 1. The predicted octanol–water partition coefficient (Wildman–Crippen LogP) is 0.906. The third kappa shape index (κ3) is 4.93. The Balaban J connectivity index is 2.47. The van der Waals surface area contributed by atoms with Crippen molar-refractivity contribution in [2.45, 2.75) is 11.8 Å². The van der Waals surface area contributed by atoms with Crippen molar-refractivity contribution in [3.05, 3.63) is 35.4 Å². The average Bonchev–Trinajstić information content (AvgIpc) is 2.46. The number of thioether (sulfide) groups is 1. The summed E-state index contributed by atoms with van der Waals surface area (Å²) in [6, 6.07) is 5.97. The number of carbonyl (C=O) groups excluding carboxylic acids is 2. The summed E-state index contributed by atoms with van der Waals surface area (Å²) in [6.45, 7) is 0. The molecule has 0 fully saturated rings. The van der Waals surface area contributed by atoms with Gasteiger partial charge in [-0.25, -0.2) is 9.59 Å². The van der Waals surface area contributed by atoms with Gasteiger partial charge in [-0.2, -0.15) is 11.8 Å². The lowest BCUT2D eigenvalue weighted by Gasteiger charge is -2.10. The van der Waals surface area contributed by atoms with Gasteiger partial charge in [0, 0.05) is 11.5 Å². The molecule has 1 amide bonds. The fourth-order valence-corrected chi connectivity index (χ4v) is 2.44. The molecule has 7 heteroatoms. The lowest BCUT2D eigenvalue weighted by atomic mass is 10.1. The van der Waals surface area contributed by atoms with Crippen LogP contribution >= 0.6 is 11.8 Å². The van der Waals surface area contributed by atoms with Gasteiger partial charge in [-0.3, -0.25) is 4.79 Å². The smallest absolute Gasteiger partial charge is 0.337 e. The highest BCUT2D eigenvalue weighted by Gasteiger charge is 2.15. The number of hydrogen-bond acceptors (Lipinski definition) is 5. The summed E-state index contributed by atoms with van der Waals surface area (Å²) >= 11 is 1.38. The molecule has 1 aromatic carbocycles. The van der Waals surface area contributed by atoms with Crippen molar-refractivity contribution in [2.75, 3.05) is 12.9 Å². The van der Waals surface area contributed by atoms with Gasteiger partial charge in [0.15, 0.2) is 0 Å². The summed E-state index contributed by atoms with van der Waals surface area (Å²) in [4.78, 5) is 32.3. The Morgan fingerprint density at radius 1 is 1.40 bits per heavy atom. The van der Waals surface area contributed by atoms with E-state index >= 15 is 0 Å². The maximum Gasteiger partial charge on any atom is 0.337 e. The molecular formula is C13H15NO5S. The highest BCUT2D eigenvalue weighted by atomic mass is 32.2. The molecule has 0 saturated heterocycles. The van der Waals surface area contributed by atoms with Gasteiger partial charge in [0.1, 0.15) is 6.04 Å². The molecule has 1 atom stereocenters. The van der Waals surface area contributed by atoms with E-state index in [4.69, 9.17) is 5.11 Å². The minimum absolute atomic E-state index is 0.271. The second-order valence-electron chi connectivity index (χ2n) is 3.88. The molecule has 0 aliphatic carbocycles. The standard InChI is InChI=1S/C13H15NO5S/c1-19-13(18)10-4-2-9(3-5-10)6-20-7-11(12(16)17)14-8-15/h2-5,8,11H,6-7H2,1H3,(H,14,15)(H,16,17). The monoisotopic (exact) mass is 297 g/mol. The maximum absolute atomic E-state index is 11.2. The molecule has 1 rings (SSSR count). The molecule has 0 aromatic heterocycles. The molecule has 0 aliphatic rings. The van der Waals surface area contributed by atoms with Crippen molar-refractivity contribution in [2.24, 2.45) is 0 Å². The predicted molar refractivity (Wildman–Crippen MR) is 74.6 cm³/mol. The van der Waals surface area contributed by atoms with Crippen LogP contribution in [0.15, 0.2) is 24.3 Å². The number of methoxy groups -OCH3 is 1. The topological polar surface area (TPSA) is 92.7 Å². The molecule has 0 radical (unpaired) electrons. The van der Waals surface area contributed by atoms with Crippen LogP contribution in [0, 0.1) is 0 Å². The van der Waals surface area contributed by atoms with E-state index in [9.17, 15) is 14.4 Å². The number of rotatable bonds is 8. The van der Waals surface area contributed by atoms with Crippen LogP contribution in [0.5, 0.6) is 0 Å². The van der Waals surface area contributed by atoms with Crippen LogP contribution in [0.1, 0.15) is 15.9 Å². The second-order valence-corrected chi connectivity index (χ2v) is 4.91. The Kier molecular flexibility index (Phi) is 6.58. The van der Waals surface area contributed by atoms with Crippen molar-refractivity contribution in [3.8, 4) is 0 Å². The summed E-state index contributed by atoms with van der Waals surface area (Å²) in [5.74, 6) is -0.602. The highest BCUT2D eigenvalue weighted by molar-refractivity contribution is 7.98. The van der Waals surface area contributed by atoms with Crippen LogP contribution in [0.25, 0.3) is 0 Å². The number of nitrogens with one attached hydrogen (secondary N) is 1. The first-order chi connectivity index (χ1) is 9.58. The molecular weight excluding hydrogens is 282 g/mol. The SMILES string of the molecule is COC(=O)c1ccc(CSCC(NC=O)C(=O)O)cc1. The van der Waals surface area contributed by atoms with Crippen molar-refractivity contribution in [1.82, 2.24) is 5.32 Å². The van der Waals surface area contributed by atoms with Gasteiger partial charge in [-0.1, -0.05) is 12.1 Å². The van der Waals surface area contributed by atoms with Gasteiger partial charge in [0.25, 0.3) is 0 Å². The zero-order valence-electron chi connectivity index (χ0n) is 10.9. The molecule has 0 bridgehead atoms. The first-order valence-electron chi connectivity index (χ1n) is 5.76. The Morgan fingerprint density at radius 2 is 2.05 bits per heavy atom. The zero-order valence-corrected chi connectivity index (χ0v) is 11.7. The summed E-state index contributed by atoms with van der Waals surface area (Å²) in [7, 11) is 1.32. The maximum atomic E-state index is 11.2. The third-order valence-electron chi connectivity index (χ3n) is 2.50. The molecule has 1 aromatic rings. The molecule has 20 heavy (non-hydrogen) atoms. The molecule has 6 nitrogen and oxygen atoms in total. The Bertz CT molecular complexity index is 474. The van der Waals surface area contributed by atoms with Gasteiger partial charge < -0.3 is 15.2 Å². The van der Waals surface area contributed by atoms with Gasteiger partial charge >= 0.3 is 11.9 Å². The lowest BCUT2D eigenvalue weighted by Crippen LogP contribution is -2.37. The normalized spacial score (nSPS) is 11.4. The summed E-state index contributed by atoms with van der Waals surface area (Å²) in [6.07, 6.45) is 0.379. The number of carboxylic acid groups (broad SMARTS) is 1. The lowest BCUT2D eigenvalue weighted by molar-refractivity contribution is -0.139. The van der Waals surface area contributed by atoms with Crippen LogP contribution < -0.4 is 5.32 Å². The van der Waals surface area contributed by atoms with Crippen LogP contribution in [0.3, 0.4) is 0 Å². The van der Waals surface area contributed by atoms with E-state index in [2.05, 4.69) is 10.1 Å². The fraction of sp³-hybridized carbons (Fsp3) is 0.308. The number of amides is 1. The van der Waals surface area contributed by atoms with Crippen LogP contribution in [0.4, 0.5) is 0 Å². The van der Waals surface area contributed by atoms with Crippen molar-refractivity contribution in [1.29, 1.82) is 0 Å². The van der Waals surface area contributed by atoms with E-state index in [1.165, 1.54) is 18.9 Å². The van der Waals surface area contributed by atoms with E-state index in [-0.39, 0.29) is 5.75 Å². The first kappa shape index (κ1) is 16.0. The molecule has 1 unspecified atom stereocenters. The molecule has 0 saturated carbocycles. The van der Waals surface area contributed by atoms with Gasteiger partial charge in [0.05, 0.1) is 12.7 Å². The first-order valence-corrected chi connectivity index (χ1v) is 6.91. The van der Waals surface area contributed by atoms with Gasteiger partial charge in [-0.15, -0.1) is 0 Å². The largest absolute Gasteiger partial charge is 0.480 e. The number of ether oxygens (including phenoxy) is 1. The van der Waals surface area contributed by atoms with E-state index in [0.29, 0.717) is 17.7 Å². The minimum atomic E-state index is -1.06. The Morgan fingerprint density at radius 3 is 2.55 bits per heavy atom. The highest BCUT2D eigenvalue weighted by Crippen LogP contribution is 2.14. The Hall–Kier alpha value is -2.02. The number of carboxylic acids is 1. The number of hydrogen-bond donors (Lipinski definition) is 2. The molecule has 0 heterocycles. The molecule has 0 aliphatic heterocycles. The van der Waals surface area contributed by atoms with Gasteiger partial charge in [0.2, 0.25) is 6.41 Å². The van der Waals surface area contributed by atoms with Gasteiger partial charge in [-0.05, 0) is 17.7 Å². The van der Waals surface area contributed by atoms with E-state index < -0.39 is 18.0 Å². The van der Waals surface area contributed by atoms with Crippen LogP contribution in [0.2, 0.25) is 0 Å². The fourth-order valence-electron chi connectivity index (χ4n) is 1.42. The molecule has 108 valence electrons. The average molecular weight is 297 g/mol. The van der Waals surface area contributed by atoms with Crippen LogP contribution in [-0.4, -0.2) is 42.4 Å². The summed E-state index contributed by atoms with van der Waals surface area (Å²) in [5.41, 5.74) is 1.42. The van der Waals surface area contributed by atoms with Crippen molar-refractivity contribution in [3.63, 3.8) is 0 Å². The van der Waals surface area contributed by atoms with Crippen LogP contribution in [-0.2, 0) is 20.1 Å². The second kappa shape index (κ2) is 8.21. The van der Waals surface area contributed by atoms with E-state index in [1.807, 2.05) is 0 Å². The third-order valence-corrected chi connectivity index (χ3v) is 3.60. The summed E-state index contributed by atoms with van der Waals surface area (Å²) < 4.78 is 4.59. The van der Waals surface area contributed by atoms with E-state index in [1.54, 1.807) is 24.3 Å².